The number of aromatic nitrogens is 2. The first kappa shape index (κ1) is 17.0. The molecular weight excluding hydrogens is 343 g/mol. The summed E-state index contributed by atoms with van der Waals surface area (Å²) in [6, 6.07) is 11.8. The van der Waals surface area contributed by atoms with E-state index < -0.39 is 12.1 Å². The molecule has 2 amide bonds. The van der Waals surface area contributed by atoms with Crippen LogP contribution < -0.4 is 10.6 Å². The average Bonchev–Trinajstić information content (AvgIpc) is 2.98. The van der Waals surface area contributed by atoms with Crippen molar-refractivity contribution in [3.05, 3.63) is 83.2 Å². The van der Waals surface area contributed by atoms with E-state index in [4.69, 9.17) is 11.6 Å². The van der Waals surface area contributed by atoms with Crippen LogP contribution in [0.25, 0.3) is 0 Å². The molecule has 0 unspecified atom stereocenters. The van der Waals surface area contributed by atoms with Crippen LogP contribution in [0, 0.1) is 5.82 Å². The van der Waals surface area contributed by atoms with Gasteiger partial charge >= 0.3 is 6.03 Å². The number of hydrogen-bond acceptors (Lipinski definition) is 2. The van der Waals surface area contributed by atoms with Gasteiger partial charge in [-0.3, -0.25) is 0 Å². The Morgan fingerprint density at radius 1 is 1.24 bits per heavy atom. The maximum Gasteiger partial charge on any atom is 0.320 e. The summed E-state index contributed by atoms with van der Waals surface area (Å²) in [7, 11) is 1.81. The van der Waals surface area contributed by atoms with Crippen LogP contribution >= 0.6 is 11.6 Å². The molecule has 1 aromatic heterocycles. The van der Waals surface area contributed by atoms with Crippen LogP contribution in [0.4, 0.5) is 14.9 Å². The molecule has 0 saturated carbocycles. The van der Waals surface area contributed by atoms with Crippen molar-refractivity contribution in [3.8, 4) is 0 Å². The number of carbonyl (C=O) groups excluding carboxylic acids is 1. The van der Waals surface area contributed by atoms with Crippen molar-refractivity contribution in [2.45, 2.75) is 6.04 Å². The van der Waals surface area contributed by atoms with Gasteiger partial charge in [0.05, 0.1) is 0 Å². The zero-order chi connectivity index (χ0) is 17.8. The number of hydrogen-bond donors (Lipinski definition) is 2. The molecule has 5 nitrogen and oxygen atoms in total. The third-order valence-electron chi connectivity index (χ3n) is 3.66. The third kappa shape index (κ3) is 4.16. The van der Waals surface area contributed by atoms with Crippen LogP contribution in [0.2, 0.25) is 5.02 Å². The maximum atomic E-state index is 13.6. The fourth-order valence-electron chi connectivity index (χ4n) is 2.50. The van der Waals surface area contributed by atoms with Crippen molar-refractivity contribution >= 4 is 23.3 Å². The molecule has 0 bridgehead atoms. The van der Waals surface area contributed by atoms with E-state index in [9.17, 15) is 9.18 Å². The van der Waals surface area contributed by atoms with Crippen LogP contribution in [0.3, 0.4) is 0 Å². The van der Waals surface area contributed by atoms with Gasteiger partial charge in [-0.15, -0.1) is 0 Å². The molecule has 2 N–H and O–H groups in total. The number of halogens is 2. The number of benzene rings is 2. The Kier molecular flexibility index (Phi) is 5.00. The molecule has 1 heterocycles. The number of aryl methyl sites for hydroxylation is 1. The monoisotopic (exact) mass is 358 g/mol. The van der Waals surface area contributed by atoms with Gasteiger partial charge in [0.25, 0.3) is 0 Å². The first-order chi connectivity index (χ1) is 12.0. The molecule has 2 aromatic carbocycles. The highest BCUT2D eigenvalue weighted by Crippen LogP contribution is 2.22. The van der Waals surface area contributed by atoms with Gasteiger partial charge < -0.3 is 15.2 Å². The van der Waals surface area contributed by atoms with Crippen LogP contribution in [0.1, 0.15) is 17.4 Å². The number of anilines is 1. The molecule has 7 heteroatoms. The van der Waals surface area contributed by atoms with E-state index in [1.54, 1.807) is 53.4 Å². The molecule has 3 rings (SSSR count). The second-order valence-electron chi connectivity index (χ2n) is 5.49. The Morgan fingerprint density at radius 2 is 2.04 bits per heavy atom. The van der Waals surface area contributed by atoms with Crippen LogP contribution in [0.15, 0.2) is 60.9 Å². The average molecular weight is 359 g/mol. The quantitative estimate of drug-likeness (QED) is 0.737. The van der Waals surface area contributed by atoms with Crippen molar-refractivity contribution < 1.29 is 9.18 Å². The van der Waals surface area contributed by atoms with Gasteiger partial charge in [0.1, 0.15) is 17.7 Å². The number of carbonyl (C=O) groups is 1. The molecule has 0 radical (unpaired) electrons. The number of amides is 2. The van der Waals surface area contributed by atoms with Crippen molar-refractivity contribution in [2.75, 3.05) is 5.32 Å². The van der Waals surface area contributed by atoms with Gasteiger partial charge in [-0.25, -0.2) is 14.2 Å². The summed E-state index contributed by atoms with van der Waals surface area (Å²) in [5.74, 6) is 0.209. The van der Waals surface area contributed by atoms with E-state index >= 15 is 0 Å². The normalized spacial score (nSPS) is 11.8. The number of nitrogens with zero attached hydrogens (tertiary/aromatic N) is 2. The fourth-order valence-corrected chi connectivity index (χ4v) is 2.69. The summed E-state index contributed by atoms with van der Waals surface area (Å²) in [6.45, 7) is 0. The summed E-state index contributed by atoms with van der Waals surface area (Å²) < 4.78 is 15.4. The molecule has 0 spiro atoms. The molecule has 0 aliphatic carbocycles. The highest BCUT2D eigenvalue weighted by Gasteiger charge is 2.21. The Balaban J connectivity index is 1.85. The molecule has 25 heavy (non-hydrogen) atoms. The summed E-state index contributed by atoms with van der Waals surface area (Å²) in [4.78, 5) is 16.7. The Labute approximate surface area is 149 Å². The SMILES string of the molecule is Cn1ccnc1[C@H](NC(=O)Nc1cccc(Cl)c1)c1cccc(F)c1. The third-order valence-corrected chi connectivity index (χ3v) is 3.89. The van der Waals surface area contributed by atoms with Gasteiger partial charge in [0.15, 0.2) is 0 Å². The van der Waals surface area contributed by atoms with E-state index in [2.05, 4.69) is 15.6 Å². The van der Waals surface area contributed by atoms with Crippen LogP contribution in [0.5, 0.6) is 0 Å². The fraction of sp³-hybridized carbons (Fsp3) is 0.111. The largest absolute Gasteiger partial charge is 0.336 e. The minimum Gasteiger partial charge on any atom is -0.336 e. The number of nitrogens with one attached hydrogen (secondary N) is 2. The number of imidazole rings is 1. The van der Waals surface area contributed by atoms with Crippen molar-refractivity contribution in [2.24, 2.45) is 7.05 Å². The van der Waals surface area contributed by atoms with Crippen molar-refractivity contribution in [1.29, 1.82) is 0 Å². The Hall–Kier alpha value is -2.86. The van der Waals surface area contributed by atoms with Gasteiger partial charge in [-0.2, -0.15) is 0 Å². The predicted octanol–water partition coefficient (Wildman–Crippen LogP) is 4.12. The highest BCUT2D eigenvalue weighted by atomic mass is 35.5. The zero-order valence-corrected chi connectivity index (χ0v) is 14.2. The Bertz CT molecular complexity index is 896. The highest BCUT2D eigenvalue weighted by molar-refractivity contribution is 6.30. The van der Waals surface area contributed by atoms with Gasteiger partial charge in [0.2, 0.25) is 0 Å². The van der Waals surface area contributed by atoms with E-state index in [0.29, 0.717) is 22.1 Å². The lowest BCUT2D eigenvalue weighted by molar-refractivity contribution is 0.249. The molecule has 1 atom stereocenters. The molecule has 0 aliphatic heterocycles. The lowest BCUT2D eigenvalue weighted by Crippen LogP contribution is -2.34. The summed E-state index contributed by atoms with van der Waals surface area (Å²) in [5, 5.41) is 6.06. The van der Waals surface area contributed by atoms with Crippen LogP contribution in [-0.4, -0.2) is 15.6 Å². The number of urea groups is 1. The van der Waals surface area contributed by atoms with Crippen LogP contribution in [-0.2, 0) is 7.05 Å². The first-order valence-corrected chi connectivity index (χ1v) is 7.96. The lowest BCUT2D eigenvalue weighted by atomic mass is 10.1. The Morgan fingerprint density at radius 3 is 2.72 bits per heavy atom. The first-order valence-electron chi connectivity index (χ1n) is 7.59. The van der Waals surface area contributed by atoms with E-state index in [1.165, 1.54) is 12.1 Å². The second-order valence-corrected chi connectivity index (χ2v) is 5.93. The van der Waals surface area contributed by atoms with E-state index in [1.807, 2.05) is 7.05 Å². The molecule has 0 saturated heterocycles. The molecule has 0 aliphatic rings. The molecule has 0 fully saturated rings. The van der Waals surface area contributed by atoms with Gasteiger partial charge in [-0.05, 0) is 35.9 Å². The molecule has 128 valence electrons. The van der Waals surface area contributed by atoms with E-state index in [0.717, 1.165) is 0 Å². The standard InChI is InChI=1S/C18H16ClFN4O/c1-24-9-8-21-17(24)16(12-4-2-6-14(20)10-12)23-18(25)22-15-7-3-5-13(19)11-15/h2-11,16H,1H3,(H2,22,23,25)/t16-/m1/s1. The van der Waals surface area contributed by atoms with Gasteiger partial charge in [0, 0.05) is 30.2 Å². The maximum absolute atomic E-state index is 13.6. The summed E-state index contributed by atoms with van der Waals surface area (Å²) >= 11 is 5.92. The second kappa shape index (κ2) is 7.36. The van der Waals surface area contributed by atoms with E-state index in [-0.39, 0.29) is 5.82 Å². The summed E-state index contributed by atoms with van der Waals surface area (Å²) in [5.41, 5.74) is 1.15. The van der Waals surface area contributed by atoms with Crippen molar-refractivity contribution in [3.63, 3.8) is 0 Å². The predicted molar refractivity (Wildman–Crippen MR) is 95.1 cm³/mol. The smallest absolute Gasteiger partial charge is 0.320 e. The molecular formula is C18H16ClFN4O. The van der Waals surface area contributed by atoms with Crippen molar-refractivity contribution in [1.82, 2.24) is 14.9 Å². The zero-order valence-electron chi connectivity index (χ0n) is 13.4. The summed E-state index contributed by atoms with van der Waals surface area (Å²) in [6.07, 6.45) is 3.39. The minimum atomic E-state index is -0.602. The minimum absolute atomic E-state index is 0.381. The topological polar surface area (TPSA) is 59.0 Å². The van der Waals surface area contributed by atoms with Gasteiger partial charge in [-0.1, -0.05) is 29.8 Å². The lowest BCUT2D eigenvalue weighted by Gasteiger charge is -2.19. The molecule has 3 aromatic rings. The number of rotatable bonds is 4.